The summed E-state index contributed by atoms with van der Waals surface area (Å²) in [5, 5.41) is 20.1. The number of aliphatic hydroxyl groups is 2. The second kappa shape index (κ2) is 6.27. The summed E-state index contributed by atoms with van der Waals surface area (Å²) in [6.07, 6.45) is 4.30. The molecule has 0 unspecified atom stereocenters. The largest absolute Gasteiger partial charge is 0.396 e. The second-order valence-corrected chi connectivity index (χ2v) is 7.08. The van der Waals surface area contributed by atoms with Gasteiger partial charge in [0.15, 0.2) is 0 Å². The quantitative estimate of drug-likeness (QED) is 0.711. The number of aromatic nitrogens is 3. The number of anilines is 1. The molecule has 2 aliphatic rings. The molecular formula is C17H23N5O3. The summed E-state index contributed by atoms with van der Waals surface area (Å²) < 4.78 is 0. The van der Waals surface area contributed by atoms with Crippen molar-refractivity contribution in [3.63, 3.8) is 0 Å². The van der Waals surface area contributed by atoms with Gasteiger partial charge in [0.1, 0.15) is 24.4 Å². The number of carbonyl (C=O) groups excluding carboxylic acids is 1. The minimum absolute atomic E-state index is 0.0791. The molecule has 25 heavy (non-hydrogen) atoms. The molecular weight excluding hydrogens is 322 g/mol. The summed E-state index contributed by atoms with van der Waals surface area (Å²) in [4.78, 5) is 27.4. The molecule has 0 radical (unpaired) electrons. The van der Waals surface area contributed by atoms with Crippen molar-refractivity contribution < 1.29 is 15.0 Å². The highest BCUT2D eigenvalue weighted by molar-refractivity contribution is 5.87. The Morgan fingerprint density at radius 2 is 2.24 bits per heavy atom. The van der Waals surface area contributed by atoms with Crippen molar-refractivity contribution in [3.8, 4) is 0 Å². The van der Waals surface area contributed by atoms with Gasteiger partial charge in [-0.15, -0.1) is 0 Å². The van der Waals surface area contributed by atoms with Gasteiger partial charge in [-0.2, -0.15) is 0 Å². The van der Waals surface area contributed by atoms with Crippen molar-refractivity contribution in [2.24, 2.45) is 17.8 Å². The maximum Gasteiger partial charge on any atom is 0.248 e. The van der Waals surface area contributed by atoms with Gasteiger partial charge in [-0.3, -0.25) is 4.79 Å². The monoisotopic (exact) mass is 345 g/mol. The third-order valence-electron chi connectivity index (χ3n) is 5.94. The van der Waals surface area contributed by atoms with Crippen LogP contribution in [0.15, 0.2) is 18.6 Å². The SMILES string of the molecule is CN(c1ncnc2[nH]ccc12)[C@H]1C[C@H]2CN(C(=O)CO)C[C@H]2[C@@H]1CO. The van der Waals surface area contributed by atoms with E-state index in [4.69, 9.17) is 5.11 Å². The fraction of sp³-hybridized carbons (Fsp3) is 0.588. The number of carbonyl (C=O) groups is 1. The molecule has 134 valence electrons. The van der Waals surface area contributed by atoms with Crippen LogP contribution < -0.4 is 4.90 Å². The zero-order valence-electron chi connectivity index (χ0n) is 14.2. The molecule has 3 heterocycles. The minimum Gasteiger partial charge on any atom is -0.396 e. The molecule has 2 aromatic rings. The third-order valence-corrected chi connectivity index (χ3v) is 5.94. The van der Waals surface area contributed by atoms with Crippen LogP contribution in [0.2, 0.25) is 0 Å². The predicted octanol–water partition coefficient (Wildman–Crippen LogP) is -0.158. The molecule has 1 aliphatic heterocycles. The van der Waals surface area contributed by atoms with Crippen molar-refractivity contribution in [2.75, 3.05) is 38.3 Å². The zero-order chi connectivity index (χ0) is 17.6. The predicted molar refractivity (Wildman–Crippen MR) is 91.9 cm³/mol. The summed E-state index contributed by atoms with van der Waals surface area (Å²) >= 11 is 0. The molecule has 1 amide bonds. The van der Waals surface area contributed by atoms with Gasteiger partial charge < -0.3 is 25.0 Å². The van der Waals surface area contributed by atoms with E-state index in [9.17, 15) is 9.90 Å². The lowest BCUT2D eigenvalue weighted by molar-refractivity contribution is -0.133. The molecule has 8 heteroatoms. The average Bonchev–Trinajstić information content (AvgIpc) is 3.33. The molecule has 3 N–H and O–H groups in total. The van der Waals surface area contributed by atoms with Crippen LogP contribution in [-0.2, 0) is 4.79 Å². The minimum atomic E-state index is -0.445. The fourth-order valence-electron chi connectivity index (χ4n) is 4.70. The van der Waals surface area contributed by atoms with E-state index in [2.05, 4.69) is 19.9 Å². The number of hydrogen-bond acceptors (Lipinski definition) is 6. The maximum absolute atomic E-state index is 11.8. The topological polar surface area (TPSA) is 106 Å². The van der Waals surface area contributed by atoms with E-state index in [0.717, 1.165) is 23.3 Å². The summed E-state index contributed by atoms with van der Waals surface area (Å²) in [6, 6.07) is 2.13. The number of aromatic amines is 1. The van der Waals surface area contributed by atoms with Crippen molar-refractivity contribution in [1.29, 1.82) is 0 Å². The Morgan fingerprint density at radius 3 is 3.00 bits per heavy atom. The molecule has 4 atom stereocenters. The Hall–Kier alpha value is -2.19. The lowest BCUT2D eigenvalue weighted by atomic mass is 9.91. The van der Waals surface area contributed by atoms with E-state index in [-0.39, 0.29) is 30.4 Å². The van der Waals surface area contributed by atoms with Crippen LogP contribution in [0.3, 0.4) is 0 Å². The van der Waals surface area contributed by atoms with Crippen LogP contribution in [0.4, 0.5) is 5.82 Å². The number of H-pyrrole nitrogens is 1. The Balaban J connectivity index is 1.58. The van der Waals surface area contributed by atoms with E-state index in [1.165, 1.54) is 0 Å². The normalized spacial score (nSPS) is 28.5. The highest BCUT2D eigenvalue weighted by Gasteiger charge is 2.50. The Bertz CT molecular complexity index is 778. The van der Waals surface area contributed by atoms with Gasteiger partial charge in [-0.05, 0) is 24.3 Å². The highest BCUT2D eigenvalue weighted by atomic mass is 16.3. The summed E-state index contributed by atoms with van der Waals surface area (Å²) in [7, 11) is 2.01. The van der Waals surface area contributed by atoms with Gasteiger partial charge in [-0.25, -0.2) is 9.97 Å². The van der Waals surface area contributed by atoms with Crippen LogP contribution in [-0.4, -0.2) is 75.4 Å². The lowest BCUT2D eigenvalue weighted by Crippen LogP contribution is -2.41. The molecule has 8 nitrogen and oxygen atoms in total. The number of fused-ring (bicyclic) bond motifs is 2. The number of hydrogen-bond donors (Lipinski definition) is 3. The van der Waals surface area contributed by atoms with Crippen LogP contribution >= 0.6 is 0 Å². The van der Waals surface area contributed by atoms with Gasteiger partial charge in [0, 0.05) is 44.9 Å². The molecule has 1 saturated heterocycles. The van der Waals surface area contributed by atoms with Gasteiger partial charge in [-0.1, -0.05) is 0 Å². The van der Waals surface area contributed by atoms with E-state index in [0.29, 0.717) is 19.0 Å². The Labute approximate surface area is 145 Å². The Morgan fingerprint density at radius 1 is 1.40 bits per heavy atom. The molecule has 1 saturated carbocycles. The molecule has 2 aromatic heterocycles. The van der Waals surface area contributed by atoms with Crippen molar-refractivity contribution >= 4 is 22.8 Å². The van der Waals surface area contributed by atoms with E-state index in [1.807, 2.05) is 19.3 Å². The number of rotatable bonds is 4. The second-order valence-electron chi connectivity index (χ2n) is 7.08. The number of nitrogens with one attached hydrogen (secondary N) is 1. The smallest absolute Gasteiger partial charge is 0.248 e. The number of aliphatic hydroxyl groups excluding tert-OH is 2. The first-order valence-corrected chi connectivity index (χ1v) is 8.64. The summed E-state index contributed by atoms with van der Waals surface area (Å²) in [5.41, 5.74) is 0.801. The number of amides is 1. The zero-order valence-corrected chi connectivity index (χ0v) is 14.2. The molecule has 2 fully saturated rings. The molecule has 4 rings (SSSR count). The molecule has 0 aromatic carbocycles. The first kappa shape index (κ1) is 16.3. The average molecular weight is 345 g/mol. The van der Waals surface area contributed by atoms with Gasteiger partial charge in [0.25, 0.3) is 0 Å². The summed E-state index contributed by atoms with van der Waals surface area (Å²) in [5.74, 6) is 1.33. The lowest BCUT2D eigenvalue weighted by Gasteiger charge is -2.32. The van der Waals surface area contributed by atoms with E-state index < -0.39 is 6.61 Å². The maximum atomic E-state index is 11.8. The first-order chi connectivity index (χ1) is 12.1. The van der Waals surface area contributed by atoms with Gasteiger partial charge >= 0.3 is 0 Å². The van der Waals surface area contributed by atoms with Crippen LogP contribution in [0.5, 0.6) is 0 Å². The van der Waals surface area contributed by atoms with E-state index >= 15 is 0 Å². The van der Waals surface area contributed by atoms with Crippen LogP contribution in [0, 0.1) is 17.8 Å². The third kappa shape index (κ3) is 2.56. The van der Waals surface area contributed by atoms with Crippen molar-refractivity contribution in [1.82, 2.24) is 19.9 Å². The molecule has 0 bridgehead atoms. The standard InChI is InChI=1S/C17H23N5O3/c1-21(17-11-2-3-18-16(11)19-9-20-17)14-4-10-5-22(15(25)8-24)6-12(10)13(14)7-23/h2-3,9-10,12-14,23-24H,4-8H2,1H3,(H,18,19,20)/t10-,12+,13-,14-/m0/s1. The van der Waals surface area contributed by atoms with Crippen LogP contribution in [0.1, 0.15) is 6.42 Å². The van der Waals surface area contributed by atoms with Crippen molar-refractivity contribution in [3.05, 3.63) is 18.6 Å². The van der Waals surface area contributed by atoms with Gasteiger partial charge in [0.2, 0.25) is 5.91 Å². The first-order valence-electron chi connectivity index (χ1n) is 8.64. The van der Waals surface area contributed by atoms with E-state index in [1.54, 1.807) is 11.2 Å². The Kier molecular flexibility index (Phi) is 4.09. The fourth-order valence-corrected chi connectivity index (χ4v) is 4.70. The van der Waals surface area contributed by atoms with Crippen molar-refractivity contribution in [2.45, 2.75) is 12.5 Å². The summed E-state index contributed by atoms with van der Waals surface area (Å²) in [6.45, 7) is 0.912. The molecule has 0 spiro atoms. The molecule has 1 aliphatic carbocycles. The number of nitrogens with zero attached hydrogens (tertiary/aromatic N) is 4. The van der Waals surface area contributed by atoms with Gasteiger partial charge in [0.05, 0.1) is 5.39 Å². The van der Waals surface area contributed by atoms with Crippen LogP contribution in [0.25, 0.3) is 11.0 Å². The highest BCUT2D eigenvalue weighted by Crippen LogP contribution is 2.45. The number of likely N-dealkylation sites (tertiary alicyclic amines) is 1.